The zero-order valence-electron chi connectivity index (χ0n) is 26.0. The van der Waals surface area contributed by atoms with Gasteiger partial charge in [-0.15, -0.1) is 0 Å². The van der Waals surface area contributed by atoms with E-state index in [0.717, 1.165) is 35.1 Å². The maximum absolute atomic E-state index is 11.2. The van der Waals surface area contributed by atoms with Crippen LogP contribution in [0.25, 0.3) is 44.6 Å². The van der Waals surface area contributed by atoms with E-state index in [1.807, 2.05) is 29.0 Å². The number of pyridine rings is 1. The Hall–Kier alpha value is -4.26. The van der Waals surface area contributed by atoms with Crippen LogP contribution in [0, 0.1) is 0 Å². The van der Waals surface area contributed by atoms with Gasteiger partial charge in [0.1, 0.15) is 6.54 Å². The van der Waals surface area contributed by atoms with Crippen molar-refractivity contribution in [2.45, 2.75) is 40.7 Å². The van der Waals surface area contributed by atoms with E-state index >= 15 is 0 Å². The fourth-order valence-corrected chi connectivity index (χ4v) is 6.06. The molecule has 0 aliphatic heterocycles. The monoisotopic (exact) mass is 605 g/mol. The van der Waals surface area contributed by atoms with Gasteiger partial charge >= 0.3 is 0 Å². The van der Waals surface area contributed by atoms with E-state index in [0.29, 0.717) is 13.0 Å². The molecule has 5 aromatic rings. The fourth-order valence-electron chi connectivity index (χ4n) is 5.57. The molecule has 5 rings (SSSR count). The molecule has 5 nitrogen and oxygen atoms in total. The Morgan fingerprint density at radius 3 is 2.07 bits per heavy atom. The molecule has 0 amide bonds. The highest BCUT2D eigenvalue weighted by atomic mass is 32.2. The minimum atomic E-state index is -3.98. The Balaban J connectivity index is 1.53. The van der Waals surface area contributed by atoms with Crippen LogP contribution < -0.4 is 9.47 Å². The van der Waals surface area contributed by atoms with Crippen molar-refractivity contribution in [3.8, 4) is 0 Å². The normalized spacial score (nSPS) is 11.8. The molecule has 0 atom stereocenters. The summed E-state index contributed by atoms with van der Waals surface area (Å²) in [6.45, 7) is 10.8. The van der Waals surface area contributed by atoms with Gasteiger partial charge in [-0.25, -0.2) is 0 Å². The van der Waals surface area contributed by atoms with Gasteiger partial charge in [-0.3, -0.25) is 4.55 Å². The zero-order valence-corrected chi connectivity index (χ0v) is 26.8. The van der Waals surface area contributed by atoms with Gasteiger partial charge in [0.25, 0.3) is 10.1 Å². The van der Waals surface area contributed by atoms with Crippen LogP contribution in [-0.2, 0) is 16.7 Å². The maximum Gasteiger partial charge on any atom is 0.265 e. The predicted octanol–water partition coefficient (Wildman–Crippen LogP) is 8.62. The Morgan fingerprint density at radius 2 is 1.39 bits per heavy atom. The van der Waals surface area contributed by atoms with Crippen molar-refractivity contribution in [1.29, 1.82) is 0 Å². The van der Waals surface area contributed by atoms with Crippen LogP contribution in [0.2, 0.25) is 0 Å². The van der Waals surface area contributed by atoms with Crippen LogP contribution >= 0.6 is 0 Å². The van der Waals surface area contributed by atoms with E-state index in [1.54, 1.807) is 0 Å². The summed E-state index contributed by atoms with van der Waals surface area (Å²) < 4.78 is 33.6. The van der Waals surface area contributed by atoms with Crippen LogP contribution in [-0.4, -0.2) is 31.8 Å². The van der Waals surface area contributed by atoms with Crippen molar-refractivity contribution in [2.75, 3.05) is 23.7 Å². The van der Waals surface area contributed by atoms with Crippen LogP contribution in [0.4, 0.5) is 5.69 Å². The van der Waals surface area contributed by atoms with Gasteiger partial charge in [-0.1, -0.05) is 77.9 Å². The molecule has 0 aliphatic rings. The Labute approximate surface area is 261 Å². The molecular formula is C38H41N2O3S+. The van der Waals surface area contributed by atoms with Crippen molar-refractivity contribution < 1.29 is 17.5 Å². The van der Waals surface area contributed by atoms with Gasteiger partial charge in [0, 0.05) is 37.3 Å². The van der Waals surface area contributed by atoms with Gasteiger partial charge < -0.3 is 4.90 Å². The molecule has 0 bridgehead atoms. The van der Waals surface area contributed by atoms with Gasteiger partial charge in [0.05, 0.1) is 11.1 Å². The molecular weight excluding hydrogens is 564 g/mol. The first kappa shape index (κ1) is 31.2. The molecule has 0 radical (unpaired) electrons. The van der Waals surface area contributed by atoms with Crippen LogP contribution in [0.5, 0.6) is 0 Å². The van der Waals surface area contributed by atoms with Crippen LogP contribution in [0.15, 0.2) is 108 Å². The lowest BCUT2D eigenvalue weighted by molar-refractivity contribution is -0.671. The number of rotatable bonds is 11. The summed E-state index contributed by atoms with van der Waals surface area (Å²) in [4.78, 5) is 2.41. The summed E-state index contributed by atoms with van der Waals surface area (Å²) in [6.07, 6.45) is 11.2. The molecule has 226 valence electrons. The number of aryl methyl sites for hydroxylation is 1. The maximum atomic E-state index is 11.2. The molecule has 0 saturated heterocycles. The number of hydrogen-bond donors (Lipinski definition) is 1. The zero-order chi connectivity index (χ0) is 31.3. The molecule has 6 heteroatoms. The first-order valence-corrected chi connectivity index (χ1v) is 16.7. The quantitative estimate of drug-likeness (QED) is 0.0709. The topological polar surface area (TPSA) is 61.5 Å². The molecule has 1 N–H and O–H groups in total. The lowest BCUT2D eigenvalue weighted by Crippen LogP contribution is -2.35. The smallest absolute Gasteiger partial charge is 0.265 e. The molecule has 1 aromatic heterocycles. The van der Waals surface area contributed by atoms with Gasteiger partial charge in [-0.05, 0) is 84.6 Å². The van der Waals surface area contributed by atoms with E-state index in [9.17, 15) is 8.42 Å². The first-order chi connectivity index (χ1) is 21.1. The van der Waals surface area contributed by atoms with Crippen molar-refractivity contribution in [1.82, 2.24) is 0 Å². The number of para-hydroxylation sites is 1. The van der Waals surface area contributed by atoms with Crippen molar-refractivity contribution >= 4 is 60.4 Å². The molecule has 1 heterocycles. The third kappa shape index (κ3) is 7.62. The molecule has 44 heavy (non-hydrogen) atoms. The number of hydrogen-bond acceptors (Lipinski definition) is 3. The molecule has 0 spiro atoms. The summed E-state index contributed by atoms with van der Waals surface area (Å²) in [5, 5.41) is 5.96. The molecule has 0 aliphatic carbocycles. The van der Waals surface area contributed by atoms with E-state index in [1.165, 1.54) is 38.4 Å². The largest absolute Gasteiger partial charge is 0.364 e. The second-order valence-electron chi connectivity index (χ2n) is 11.8. The first-order valence-electron chi connectivity index (χ1n) is 15.1. The highest BCUT2D eigenvalue weighted by Crippen LogP contribution is 2.33. The van der Waals surface area contributed by atoms with E-state index in [4.69, 9.17) is 4.55 Å². The Bertz CT molecular complexity index is 2000. The number of allylic oxidation sites excluding steroid dienone is 2. The van der Waals surface area contributed by atoms with Crippen LogP contribution in [0.3, 0.4) is 0 Å². The minimum absolute atomic E-state index is 0.255. The SMILES string of the molecule is CC(C)=CCN(CC=C(C)C)c1ccc2cc(/C=C/c3cc[n+](CCCS(=O)(=O)O)c4ccccc34)c3ccccc3c2c1. The summed E-state index contributed by atoms with van der Waals surface area (Å²) >= 11 is 0. The van der Waals surface area contributed by atoms with Crippen molar-refractivity contribution in [3.05, 3.63) is 119 Å². The lowest BCUT2D eigenvalue weighted by atomic mass is 9.96. The number of fused-ring (bicyclic) bond motifs is 4. The molecule has 4 aromatic carbocycles. The van der Waals surface area contributed by atoms with Crippen molar-refractivity contribution in [3.63, 3.8) is 0 Å². The second-order valence-corrected chi connectivity index (χ2v) is 13.4. The van der Waals surface area contributed by atoms with Gasteiger partial charge in [0.15, 0.2) is 6.20 Å². The highest BCUT2D eigenvalue weighted by molar-refractivity contribution is 7.85. The molecule has 0 fully saturated rings. The average molecular weight is 606 g/mol. The van der Waals surface area contributed by atoms with Crippen LogP contribution in [0.1, 0.15) is 45.2 Å². The predicted molar refractivity (Wildman–Crippen MR) is 187 cm³/mol. The third-order valence-corrected chi connectivity index (χ3v) is 8.69. The number of anilines is 1. The second kappa shape index (κ2) is 13.6. The van der Waals surface area contributed by atoms with Gasteiger partial charge in [0.2, 0.25) is 5.52 Å². The van der Waals surface area contributed by atoms with Crippen molar-refractivity contribution in [2.24, 2.45) is 0 Å². The minimum Gasteiger partial charge on any atom is -0.364 e. The van der Waals surface area contributed by atoms with E-state index in [2.05, 4.69) is 118 Å². The number of benzene rings is 4. The fraction of sp³-hybridized carbons (Fsp3) is 0.237. The summed E-state index contributed by atoms with van der Waals surface area (Å²) in [5.74, 6) is -0.255. The summed E-state index contributed by atoms with van der Waals surface area (Å²) in [5.41, 5.74) is 7.09. The Morgan fingerprint density at radius 1 is 0.750 bits per heavy atom. The summed E-state index contributed by atoms with van der Waals surface area (Å²) in [7, 11) is -3.98. The lowest BCUT2D eigenvalue weighted by Gasteiger charge is -2.23. The van der Waals surface area contributed by atoms with E-state index < -0.39 is 10.1 Å². The standard InChI is InChI=1S/C38H40N2O3S/c1-28(2)18-22-39(23-19-29(3)4)33-17-16-32-26-31(34-10-5-6-12-36(34)37(32)27-33)15-14-30-20-24-40(21-9-25-44(41,42)43)38-13-8-7-11-35(30)38/h5-8,10-20,24,26-27H,9,21-23,25H2,1-4H3/p+1. The highest BCUT2D eigenvalue weighted by Gasteiger charge is 2.14. The number of aromatic nitrogens is 1. The summed E-state index contributed by atoms with van der Waals surface area (Å²) in [6, 6.07) is 27.9. The van der Waals surface area contributed by atoms with Gasteiger partial charge in [-0.2, -0.15) is 13.0 Å². The number of nitrogens with zero attached hydrogens (tertiary/aromatic N) is 2. The average Bonchev–Trinajstić information content (AvgIpc) is 2.99. The molecule has 0 unspecified atom stereocenters. The third-order valence-electron chi connectivity index (χ3n) is 7.88. The molecule has 0 saturated carbocycles. The van der Waals surface area contributed by atoms with E-state index in [-0.39, 0.29) is 5.75 Å². The Kier molecular flexibility index (Phi) is 9.62.